The average molecular weight is 180 g/mol. The Hall–Kier alpha value is -1.06. The number of anilines is 1. The molecule has 4 heteroatoms. The Labute approximate surface area is 77.9 Å². The fourth-order valence-electron chi connectivity index (χ4n) is 2.10. The van der Waals surface area contributed by atoms with Crippen molar-refractivity contribution in [2.75, 3.05) is 5.73 Å². The number of hydrogen-bond donors (Lipinski definition) is 2. The van der Waals surface area contributed by atoms with Crippen LogP contribution in [0.2, 0.25) is 0 Å². The van der Waals surface area contributed by atoms with Crippen molar-refractivity contribution in [3.05, 3.63) is 5.69 Å². The van der Waals surface area contributed by atoms with E-state index in [1.165, 1.54) is 38.5 Å². The van der Waals surface area contributed by atoms with Crippen LogP contribution in [0.3, 0.4) is 0 Å². The fourth-order valence-corrected chi connectivity index (χ4v) is 2.10. The zero-order valence-electron chi connectivity index (χ0n) is 7.79. The number of nitrogens with one attached hydrogen (secondary N) is 1. The molecule has 0 unspecified atom stereocenters. The van der Waals surface area contributed by atoms with Crippen molar-refractivity contribution in [3.8, 4) is 0 Å². The Morgan fingerprint density at radius 3 is 2.31 bits per heavy atom. The number of nitrogens with zero attached hydrogens (tertiary/aromatic N) is 2. The topological polar surface area (TPSA) is 67.6 Å². The van der Waals surface area contributed by atoms with Gasteiger partial charge in [0.2, 0.25) is 0 Å². The summed E-state index contributed by atoms with van der Waals surface area (Å²) in [5.74, 6) is 1.13. The van der Waals surface area contributed by atoms with Gasteiger partial charge in [0.15, 0.2) is 5.82 Å². The Morgan fingerprint density at radius 1 is 1.08 bits per heavy atom. The van der Waals surface area contributed by atoms with E-state index in [1.807, 2.05) is 0 Å². The first-order valence-electron chi connectivity index (χ1n) is 5.04. The van der Waals surface area contributed by atoms with Gasteiger partial charge in [0.25, 0.3) is 0 Å². The molecule has 1 aromatic rings. The van der Waals surface area contributed by atoms with Crippen LogP contribution in [0.4, 0.5) is 5.82 Å². The maximum Gasteiger partial charge on any atom is 0.169 e. The molecule has 1 aliphatic rings. The molecule has 1 saturated carbocycles. The van der Waals surface area contributed by atoms with Crippen LogP contribution < -0.4 is 5.73 Å². The van der Waals surface area contributed by atoms with Gasteiger partial charge in [-0.15, -0.1) is 5.10 Å². The highest BCUT2D eigenvalue weighted by Gasteiger charge is 2.19. The first kappa shape index (κ1) is 8.53. The summed E-state index contributed by atoms with van der Waals surface area (Å²) >= 11 is 0. The molecule has 0 aromatic carbocycles. The van der Waals surface area contributed by atoms with E-state index in [0.29, 0.717) is 11.7 Å². The maximum atomic E-state index is 5.72. The van der Waals surface area contributed by atoms with Crippen LogP contribution in [0.15, 0.2) is 0 Å². The molecule has 0 radical (unpaired) electrons. The van der Waals surface area contributed by atoms with Gasteiger partial charge in [-0.1, -0.05) is 25.7 Å². The van der Waals surface area contributed by atoms with E-state index in [1.54, 1.807) is 0 Å². The molecule has 0 saturated heterocycles. The monoisotopic (exact) mass is 180 g/mol. The SMILES string of the molecule is Nc1n[nH]nc1C1CCCCCC1. The molecule has 72 valence electrons. The molecule has 1 aromatic heterocycles. The average Bonchev–Trinajstić information content (AvgIpc) is 2.43. The minimum Gasteiger partial charge on any atom is -0.381 e. The van der Waals surface area contributed by atoms with E-state index >= 15 is 0 Å². The summed E-state index contributed by atoms with van der Waals surface area (Å²) in [4.78, 5) is 0. The van der Waals surface area contributed by atoms with Crippen molar-refractivity contribution in [2.45, 2.75) is 44.4 Å². The van der Waals surface area contributed by atoms with Gasteiger partial charge in [0.05, 0.1) is 0 Å². The van der Waals surface area contributed by atoms with Crippen LogP contribution in [-0.2, 0) is 0 Å². The number of aromatic amines is 1. The second kappa shape index (κ2) is 3.77. The van der Waals surface area contributed by atoms with Gasteiger partial charge < -0.3 is 5.73 Å². The summed E-state index contributed by atoms with van der Waals surface area (Å²) in [5.41, 5.74) is 6.71. The second-order valence-corrected chi connectivity index (χ2v) is 3.78. The van der Waals surface area contributed by atoms with E-state index in [4.69, 9.17) is 5.73 Å². The molecule has 0 bridgehead atoms. The van der Waals surface area contributed by atoms with Gasteiger partial charge >= 0.3 is 0 Å². The minimum atomic E-state index is 0.543. The highest BCUT2D eigenvalue weighted by molar-refractivity contribution is 5.34. The van der Waals surface area contributed by atoms with Crippen LogP contribution in [0.1, 0.15) is 50.1 Å². The molecule has 2 rings (SSSR count). The van der Waals surface area contributed by atoms with E-state index in [2.05, 4.69) is 15.4 Å². The summed E-state index contributed by atoms with van der Waals surface area (Å²) in [7, 11) is 0. The lowest BCUT2D eigenvalue weighted by Crippen LogP contribution is -2.01. The fraction of sp³-hybridized carbons (Fsp3) is 0.778. The predicted molar refractivity (Wildman–Crippen MR) is 51.2 cm³/mol. The number of nitrogens with two attached hydrogens (primary N) is 1. The third kappa shape index (κ3) is 1.82. The Morgan fingerprint density at radius 2 is 1.77 bits per heavy atom. The van der Waals surface area contributed by atoms with Crippen LogP contribution in [0, 0.1) is 0 Å². The van der Waals surface area contributed by atoms with Crippen LogP contribution in [0.5, 0.6) is 0 Å². The second-order valence-electron chi connectivity index (χ2n) is 3.78. The largest absolute Gasteiger partial charge is 0.381 e. The summed E-state index contributed by atoms with van der Waals surface area (Å²) in [6.45, 7) is 0. The molecule has 0 spiro atoms. The van der Waals surface area contributed by atoms with Crippen molar-refractivity contribution < 1.29 is 0 Å². The molecule has 0 atom stereocenters. The normalized spacial score (nSPS) is 20.0. The molecular weight excluding hydrogens is 164 g/mol. The quantitative estimate of drug-likeness (QED) is 0.648. The van der Waals surface area contributed by atoms with Crippen LogP contribution in [-0.4, -0.2) is 15.4 Å². The molecule has 13 heavy (non-hydrogen) atoms. The first-order valence-corrected chi connectivity index (χ1v) is 5.04. The molecule has 1 fully saturated rings. The Balaban J connectivity index is 2.10. The molecule has 3 N–H and O–H groups in total. The molecule has 1 aliphatic carbocycles. The Kier molecular flexibility index (Phi) is 2.47. The first-order chi connectivity index (χ1) is 6.38. The third-order valence-electron chi connectivity index (χ3n) is 2.85. The molecular formula is C9H16N4. The number of aromatic nitrogens is 3. The van der Waals surface area contributed by atoms with Crippen molar-refractivity contribution in [1.29, 1.82) is 0 Å². The standard InChI is InChI=1S/C9H16N4/c10-9-8(11-13-12-9)7-5-3-1-2-4-6-7/h7H,1-6H2,(H3,10,11,12,13). The van der Waals surface area contributed by atoms with Gasteiger partial charge in [0.1, 0.15) is 5.69 Å². The molecule has 0 amide bonds. The third-order valence-corrected chi connectivity index (χ3v) is 2.85. The van der Waals surface area contributed by atoms with Crippen LogP contribution in [0.25, 0.3) is 0 Å². The van der Waals surface area contributed by atoms with E-state index in [9.17, 15) is 0 Å². The zero-order chi connectivity index (χ0) is 9.10. The predicted octanol–water partition coefficient (Wildman–Crippen LogP) is 1.82. The summed E-state index contributed by atoms with van der Waals surface area (Å²) < 4.78 is 0. The number of hydrogen-bond acceptors (Lipinski definition) is 3. The highest BCUT2D eigenvalue weighted by Crippen LogP contribution is 2.32. The van der Waals surface area contributed by atoms with Gasteiger partial charge in [-0.05, 0) is 12.8 Å². The number of rotatable bonds is 1. The Bertz CT molecular complexity index is 260. The van der Waals surface area contributed by atoms with E-state index < -0.39 is 0 Å². The van der Waals surface area contributed by atoms with Crippen LogP contribution >= 0.6 is 0 Å². The highest BCUT2D eigenvalue weighted by atomic mass is 15.3. The molecule has 0 aliphatic heterocycles. The lowest BCUT2D eigenvalue weighted by Gasteiger charge is -2.10. The van der Waals surface area contributed by atoms with E-state index in [0.717, 1.165) is 5.69 Å². The van der Waals surface area contributed by atoms with Crippen molar-refractivity contribution in [1.82, 2.24) is 15.4 Å². The summed E-state index contributed by atoms with van der Waals surface area (Å²) in [6.07, 6.45) is 7.75. The van der Waals surface area contributed by atoms with Gasteiger partial charge in [-0.25, -0.2) is 0 Å². The summed E-state index contributed by atoms with van der Waals surface area (Å²) in [6, 6.07) is 0. The lowest BCUT2D eigenvalue weighted by atomic mass is 9.97. The number of nitrogen functional groups attached to an aromatic ring is 1. The molecule has 1 heterocycles. The van der Waals surface area contributed by atoms with Crippen molar-refractivity contribution in [2.24, 2.45) is 0 Å². The maximum absolute atomic E-state index is 5.72. The van der Waals surface area contributed by atoms with Crippen molar-refractivity contribution in [3.63, 3.8) is 0 Å². The molecule has 4 nitrogen and oxygen atoms in total. The van der Waals surface area contributed by atoms with E-state index in [-0.39, 0.29) is 0 Å². The van der Waals surface area contributed by atoms with Gasteiger partial charge in [-0.3, -0.25) is 0 Å². The van der Waals surface area contributed by atoms with Crippen molar-refractivity contribution >= 4 is 5.82 Å². The summed E-state index contributed by atoms with van der Waals surface area (Å²) in [5, 5.41) is 10.6. The number of H-pyrrole nitrogens is 1. The smallest absolute Gasteiger partial charge is 0.169 e. The zero-order valence-corrected chi connectivity index (χ0v) is 7.79. The van der Waals surface area contributed by atoms with Gasteiger partial charge in [-0.2, -0.15) is 10.3 Å². The lowest BCUT2D eigenvalue weighted by molar-refractivity contribution is 0.577. The van der Waals surface area contributed by atoms with Gasteiger partial charge in [0, 0.05) is 5.92 Å². The minimum absolute atomic E-state index is 0.543.